The number of primary amides is 1. The third-order valence-corrected chi connectivity index (χ3v) is 3.91. The van der Waals surface area contributed by atoms with Crippen molar-refractivity contribution in [2.75, 3.05) is 0 Å². The topological polar surface area (TPSA) is 81.0 Å². The summed E-state index contributed by atoms with van der Waals surface area (Å²) in [6.07, 6.45) is -4.77. The number of nitriles is 1. The molecule has 5 nitrogen and oxygen atoms in total. The standard InChI is InChI=1S/C18H12F3N3O2/c1-24-15(17(23)25)8-12-6-10(9-22)7-14(16(12)24)11-2-4-13(5-3-11)26-18(19,20)21/h2-8H,1H3,(H2,23,25). The summed E-state index contributed by atoms with van der Waals surface area (Å²) in [5, 5.41) is 9.86. The molecule has 0 fully saturated rings. The highest BCUT2D eigenvalue weighted by molar-refractivity contribution is 6.03. The van der Waals surface area contributed by atoms with Gasteiger partial charge in [-0.3, -0.25) is 4.79 Å². The molecule has 1 amide bonds. The van der Waals surface area contributed by atoms with Crippen LogP contribution in [0.25, 0.3) is 22.0 Å². The summed E-state index contributed by atoms with van der Waals surface area (Å²) >= 11 is 0. The minimum atomic E-state index is -4.77. The van der Waals surface area contributed by atoms with Crippen LogP contribution in [0.3, 0.4) is 0 Å². The quantitative estimate of drug-likeness (QED) is 0.774. The van der Waals surface area contributed by atoms with Crippen LogP contribution < -0.4 is 10.5 Å². The lowest BCUT2D eigenvalue weighted by Gasteiger charge is -2.11. The summed E-state index contributed by atoms with van der Waals surface area (Å²) in [4.78, 5) is 11.6. The van der Waals surface area contributed by atoms with E-state index in [-0.39, 0.29) is 11.4 Å². The van der Waals surface area contributed by atoms with Gasteiger partial charge in [-0.05, 0) is 35.9 Å². The molecule has 0 saturated carbocycles. The Bertz CT molecular complexity index is 1040. The molecule has 1 aromatic heterocycles. The van der Waals surface area contributed by atoms with Gasteiger partial charge < -0.3 is 15.0 Å². The second-order valence-corrected chi connectivity index (χ2v) is 5.60. The molecule has 0 aliphatic carbocycles. The molecule has 3 aromatic rings. The van der Waals surface area contributed by atoms with Crippen LogP contribution in [0.1, 0.15) is 16.1 Å². The van der Waals surface area contributed by atoms with Crippen LogP contribution >= 0.6 is 0 Å². The third-order valence-electron chi connectivity index (χ3n) is 3.91. The molecule has 0 aliphatic rings. The van der Waals surface area contributed by atoms with E-state index in [4.69, 9.17) is 5.73 Å². The summed E-state index contributed by atoms with van der Waals surface area (Å²) < 4.78 is 42.4. The fourth-order valence-corrected chi connectivity index (χ4v) is 2.86. The Kier molecular flexibility index (Phi) is 4.08. The fourth-order valence-electron chi connectivity index (χ4n) is 2.86. The van der Waals surface area contributed by atoms with E-state index >= 15 is 0 Å². The Balaban J connectivity index is 2.17. The smallest absolute Gasteiger partial charge is 0.406 e. The lowest BCUT2D eigenvalue weighted by molar-refractivity contribution is -0.274. The average Bonchev–Trinajstić information content (AvgIpc) is 2.90. The minimum Gasteiger partial charge on any atom is -0.406 e. The summed E-state index contributed by atoms with van der Waals surface area (Å²) in [5.74, 6) is -0.972. The normalized spacial score (nSPS) is 11.3. The SMILES string of the molecule is Cn1c(C(N)=O)cc2cc(C#N)cc(-c3ccc(OC(F)(F)F)cc3)c21. The summed E-state index contributed by atoms with van der Waals surface area (Å²) in [5.41, 5.74) is 7.78. The number of nitrogens with two attached hydrogens (primary N) is 1. The number of rotatable bonds is 3. The highest BCUT2D eigenvalue weighted by Crippen LogP contribution is 2.33. The van der Waals surface area contributed by atoms with Crippen LogP contribution in [0, 0.1) is 11.3 Å². The van der Waals surface area contributed by atoms with Gasteiger partial charge in [0.25, 0.3) is 5.91 Å². The van der Waals surface area contributed by atoms with Crippen LogP contribution in [0.5, 0.6) is 5.75 Å². The molecule has 0 spiro atoms. The van der Waals surface area contributed by atoms with E-state index in [9.17, 15) is 23.2 Å². The third kappa shape index (κ3) is 3.19. The van der Waals surface area contributed by atoms with Crippen molar-refractivity contribution in [2.45, 2.75) is 6.36 Å². The van der Waals surface area contributed by atoms with Crippen molar-refractivity contribution in [2.24, 2.45) is 12.8 Å². The van der Waals surface area contributed by atoms with Gasteiger partial charge in [0.1, 0.15) is 11.4 Å². The maximum atomic E-state index is 12.3. The first kappa shape index (κ1) is 17.4. The number of benzene rings is 2. The minimum absolute atomic E-state index is 0.258. The zero-order chi connectivity index (χ0) is 19.1. The fraction of sp³-hybridized carbons (Fsp3) is 0.111. The molecule has 0 unspecified atom stereocenters. The molecule has 8 heteroatoms. The Morgan fingerprint density at radius 2 is 1.85 bits per heavy atom. The molecular weight excluding hydrogens is 347 g/mol. The number of ether oxygens (including phenoxy) is 1. The molecule has 0 bridgehead atoms. The van der Waals surface area contributed by atoms with Crippen LogP contribution in [0.2, 0.25) is 0 Å². The molecule has 0 radical (unpaired) electrons. The Morgan fingerprint density at radius 1 is 1.19 bits per heavy atom. The van der Waals surface area contributed by atoms with E-state index in [1.165, 1.54) is 24.3 Å². The van der Waals surface area contributed by atoms with Gasteiger partial charge >= 0.3 is 6.36 Å². The Hall–Kier alpha value is -3.47. The number of aromatic nitrogens is 1. The largest absolute Gasteiger partial charge is 0.573 e. The molecule has 26 heavy (non-hydrogen) atoms. The number of hydrogen-bond acceptors (Lipinski definition) is 3. The zero-order valence-corrected chi connectivity index (χ0v) is 13.5. The van der Waals surface area contributed by atoms with Crippen LogP contribution in [0.4, 0.5) is 13.2 Å². The van der Waals surface area contributed by atoms with Crippen molar-refractivity contribution in [3.63, 3.8) is 0 Å². The van der Waals surface area contributed by atoms with Crippen LogP contribution in [0.15, 0.2) is 42.5 Å². The van der Waals surface area contributed by atoms with E-state index in [2.05, 4.69) is 4.74 Å². The predicted octanol–water partition coefficient (Wildman–Crippen LogP) is 3.71. The molecular formula is C18H12F3N3O2. The number of amides is 1. The lowest BCUT2D eigenvalue weighted by Crippen LogP contribution is -2.16. The van der Waals surface area contributed by atoms with Crippen LogP contribution in [-0.2, 0) is 7.05 Å². The molecule has 2 N–H and O–H groups in total. The number of alkyl halides is 3. The second kappa shape index (κ2) is 6.11. The Morgan fingerprint density at radius 3 is 2.38 bits per heavy atom. The van der Waals surface area contributed by atoms with E-state index < -0.39 is 12.3 Å². The summed E-state index contributed by atoms with van der Waals surface area (Å²) in [6.45, 7) is 0. The summed E-state index contributed by atoms with van der Waals surface area (Å²) in [6, 6.07) is 12.1. The van der Waals surface area contributed by atoms with E-state index in [1.54, 1.807) is 29.8 Å². The number of carbonyl (C=O) groups is 1. The zero-order valence-electron chi connectivity index (χ0n) is 13.5. The number of aryl methyl sites for hydroxylation is 1. The number of nitrogens with zero attached hydrogens (tertiary/aromatic N) is 2. The first-order chi connectivity index (χ1) is 12.2. The average molecular weight is 359 g/mol. The van der Waals surface area contributed by atoms with Gasteiger partial charge in [0.05, 0.1) is 17.1 Å². The van der Waals surface area contributed by atoms with E-state index in [0.29, 0.717) is 27.6 Å². The number of halogens is 3. The molecule has 0 aliphatic heterocycles. The lowest BCUT2D eigenvalue weighted by atomic mass is 10.00. The highest BCUT2D eigenvalue weighted by atomic mass is 19.4. The number of hydrogen-bond donors (Lipinski definition) is 1. The number of carbonyl (C=O) groups excluding carboxylic acids is 1. The van der Waals surface area contributed by atoms with Crippen LogP contribution in [-0.4, -0.2) is 16.8 Å². The van der Waals surface area contributed by atoms with Gasteiger partial charge in [-0.1, -0.05) is 12.1 Å². The maximum Gasteiger partial charge on any atom is 0.573 e. The van der Waals surface area contributed by atoms with Crippen molar-refractivity contribution in [1.82, 2.24) is 4.57 Å². The second-order valence-electron chi connectivity index (χ2n) is 5.60. The van der Waals surface area contributed by atoms with Gasteiger partial charge in [-0.15, -0.1) is 13.2 Å². The van der Waals surface area contributed by atoms with Gasteiger partial charge in [0.15, 0.2) is 0 Å². The molecule has 132 valence electrons. The number of fused-ring (bicyclic) bond motifs is 1. The van der Waals surface area contributed by atoms with E-state index in [0.717, 1.165) is 0 Å². The van der Waals surface area contributed by atoms with Gasteiger partial charge in [-0.2, -0.15) is 5.26 Å². The van der Waals surface area contributed by atoms with Crippen molar-refractivity contribution in [3.05, 3.63) is 53.7 Å². The molecule has 0 saturated heterocycles. The van der Waals surface area contributed by atoms with Crippen molar-refractivity contribution in [3.8, 4) is 22.9 Å². The van der Waals surface area contributed by atoms with E-state index in [1.807, 2.05) is 6.07 Å². The van der Waals surface area contributed by atoms with Gasteiger partial charge in [0, 0.05) is 18.0 Å². The first-order valence-corrected chi connectivity index (χ1v) is 7.39. The maximum absolute atomic E-state index is 12.3. The monoisotopic (exact) mass is 359 g/mol. The predicted molar refractivity (Wildman–Crippen MR) is 88.3 cm³/mol. The molecule has 2 aromatic carbocycles. The molecule has 0 atom stereocenters. The van der Waals surface area contributed by atoms with Crippen molar-refractivity contribution in [1.29, 1.82) is 5.26 Å². The van der Waals surface area contributed by atoms with Gasteiger partial charge in [0.2, 0.25) is 0 Å². The molecule has 3 rings (SSSR count). The summed E-state index contributed by atoms with van der Waals surface area (Å²) in [7, 11) is 1.65. The highest BCUT2D eigenvalue weighted by Gasteiger charge is 2.31. The first-order valence-electron chi connectivity index (χ1n) is 7.39. The van der Waals surface area contributed by atoms with Crippen molar-refractivity contribution >= 4 is 16.8 Å². The molecule has 1 heterocycles. The van der Waals surface area contributed by atoms with Gasteiger partial charge in [-0.25, -0.2) is 0 Å². The Labute approximate surface area is 146 Å². The van der Waals surface area contributed by atoms with Crippen molar-refractivity contribution < 1.29 is 22.7 Å².